The van der Waals surface area contributed by atoms with E-state index in [1.807, 2.05) is 6.20 Å². The lowest BCUT2D eigenvalue weighted by Crippen LogP contribution is -2.42. The number of piperidine rings is 1. The average Bonchev–Trinajstić information content (AvgIpc) is 3.34. The molecular weight excluding hydrogens is 436 g/mol. The van der Waals surface area contributed by atoms with Crippen LogP contribution >= 0.6 is 0 Å². The summed E-state index contributed by atoms with van der Waals surface area (Å²) in [6.07, 6.45) is 6.23. The molecule has 182 valence electrons. The van der Waals surface area contributed by atoms with E-state index in [1.165, 1.54) is 35.2 Å². The highest BCUT2D eigenvalue weighted by Crippen LogP contribution is 2.33. The monoisotopic (exact) mass is 470 g/mol. The summed E-state index contributed by atoms with van der Waals surface area (Å²) in [5.74, 6) is 1.40. The van der Waals surface area contributed by atoms with E-state index in [2.05, 4.69) is 86.8 Å². The molecular formula is C28H34N6O. The number of hydrogen-bond donors (Lipinski definition) is 0. The Morgan fingerprint density at radius 2 is 1.74 bits per heavy atom. The molecule has 0 unspecified atom stereocenters. The lowest BCUT2D eigenvalue weighted by Gasteiger charge is -2.36. The van der Waals surface area contributed by atoms with Gasteiger partial charge in [0.2, 0.25) is 0 Å². The SMILES string of the molecule is Cc1cc(N2CCC(N(C)C)CC2)ccc1-c1ccc2ncc3nnc(C4CCOCC4)n3c2c1. The van der Waals surface area contributed by atoms with Crippen LogP contribution in [0.2, 0.25) is 0 Å². The molecule has 4 heterocycles. The molecule has 0 saturated carbocycles. The Kier molecular flexibility index (Phi) is 5.90. The Labute approximate surface area is 206 Å². The molecule has 0 N–H and O–H groups in total. The van der Waals surface area contributed by atoms with Crippen LogP contribution in [0.1, 0.15) is 43.0 Å². The van der Waals surface area contributed by atoms with Gasteiger partial charge in [0.05, 0.1) is 17.2 Å². The zero-order chi connectivity index (χ0) is 23.9. The number of ether oxygens (including phenoxy) is 1. The molecule has 0 aliphatic carbocycles. The predicted molar refractivity (Wildman–Crippen MR) is 140 cm³/mol. The van der Waals surface area contributed by atoms with E-state index < -0.39 is 0 Å². The van der Waals surface area contributed by atoms with Crippen molar-refractivity contribution in [3.05, 3.63) is 54.0 Å². The highest BCUT2D eigenvalue weighted by Gasteiger charge is 2.23. The van der Waals surface area contributed by atoms with Gasteiger partial charge in [0.1, 0.15) is 5.82 Å². The molecule has 0 bridgehead atoms. The van der Waals surface area contributed by atoms with Crippen LogP contribution in [0, 0.1) is 6.92 Å². The molecule has 4 aromatic rings. The molecule has 2 aromatic heterocycles. The number of rotatable bonds is 4. The van der Waals surface area contributed by atoms with Crippen LogP contribution in [0.4, 0.5) is 5.69 Å². The van der Waals surface area contributed by atoms with Gasteiger partial charge in [-0.1, -0.05) is 12.1 Å². The van der Waals surface area contributed by atoms with Gasteiger partial charge in [0.25, 0.3) is 0 Å². The summed E-state index contributed by atoms with van der Waals surface area (Å²) in [6, 6.07) is 14.2. The number of nitrogens with zero attached hydrogens (tertiary/aromatic N) is 6. The largest absolute Gasteiger partial charge is 0.381 e. The maximum atomic E-state index is 5.58. The molecule has 2 saturated heterocycles. The zero-order valence-corrected chi connectivity index (χ0v) is 20.9. The van der Waals surface area contributed by atoms with Crippen molar-refractivity contribution in [3.63, 3.8) is 0 Å². The van der Waals surface area contributed by atoms with E-state index in [0.29, 0.717) is 12.0 Å². The number of aromatic nitrogens is 4. The van der Waals surface area contributed by atoms with Crippen molar-refractivity contribution < 1.29 is 4.74 Å². The molecule has 2 aliphatic heterocycles. The fraction of sp³-hybridized carbons (Fsp3) is 0.464. The van der Waals surface area contributed by atoms with E-state index in [4.69, 9.17) is 4.74 Å². The third-order valence-corrected chi connectivity index (χ3v) is 7.92. The van der Waals surface area contributed by atoms with E-state index in [0.717, 1.165) is 61.6 Å². The number of hydrogen-bond acceptors (Lipinski definition) is 6. The molecule has 2 aliphatic rings. The fourth-order valence-corrected chi connectivity index (χ4v) is 5.78. The van der Waals surface area contributed by atoms with Gasteiger partial charge in [0, 0.05) is 44.0 Å². The van der Waals surface area contributed by atoms with Crippen LogP contribution in [-0.2, 0) is 4.74 Å². The first kappa shape index (κ1) is 22.4. The van der Waals surface area contributed by atoms with Gasteiger partial charge in [-0.3, -0.25) is 9.38 Å². The Morgan fingerprint density at radius 1 is 0.943 bits per heavy atom. The third-order valence-electron chi connectivity index (χ3n) is 7.92. The third kappa shape index (κ3) is 4.17. The fourth-order valence-electron chi connectivity index (χ4n) is 5.78. The summed E-state index contributed by atoms with van der Waals surface area (Å²) in [6.45, 7) is 6.02. The Balaban J connectivity index is 1.34. The highest BCUT2D eigenvalue weighted by molar-refractivity contribution is 5.84. The van der Waals surface area contributed by atoms with Crippen molar-refractivity contribution >= 4 is 22.4 Å². The number of anilines is 1. The quantitative estimate of drug-likeness (QED) is 0.432. The van der Waals surface area contributed by atoms with Gasteiger partial charge in [-0.2, -0.15) is 0 Å². The first-order valence-corrected chi connectivity index (χ1v) is 12.8. The standard InChI is InChI=1S/C28H34N6O/c1-19-16-23(33-12-8-22(9-13-33)32(2)3)5-6-24(19)21-4-7-25-26(17-21)34-27(18-29-25)30-31-28(34)20-10-14-35-15-11-20/h4-7,16-18,20,22H,8-15H2,1-3H3. The molecule has 2 fully saturated rings. The van der Waals surface area contributed by atoms with Crippen molar-refractivity contribution in [1.82, 2.24) is 24.5 Å². The van der Waals surface area contributed by atoms with Crippen LogP contribution < -0.4 is 4.90 Å². The minimum atomic E-state index is 0.366. The number of benzene rings is 2. The summed E-state index contributed by atoms with van der Waals surface area (Å²) < 4.78 is 7.79. The minimum absolute atomic E-state index is 0.366. The van der Waals surface area contributed by atoms with Gasteiger partial charge >= 0.3 is 0 Å². The molecule has 0 spiro atoms. The van der Waals surface area contributed by atoms with Crippen LogP contribution in [-0.4, -0.2) is 70.9 Å². The maximum Gasteiger partial charge on any atom is 0.179 e. The van der Waals surface area contributed by atoms with E-state index in [9.17, 15) is 0 Å². The van der Waals surface area contributed by atoms with E-state index in [-0.39, 0.29) is 0 Å². The van der Waals surface area contributed by atoms with Gasteiger partial charge in [-0.25, -0.2) is 0 Å². The highest BCUT2D eigenvalue weighted by atomic mass is 16.5. The van der Waals surface area contributed by atoms with Gasteiger partial charge in [-0.05, 0) is 87.7 Å². The molecule has 7 heteroatoms. The summed E-state index contributed by atoms with van der Waals surface area (Å²) in [4.78, 5) is 9.55. The van der Waals surface area contributed by atoms with E-state index in [1.54, 1.807) is 0 Å². The van der Waals surface area contributed by atoms with Crippen molar-refractivity contribution in [2.45, 2.75) is 44.6 Å². The van der Waals surface area contributed by atoms with Crippen molar-refractivity contribution in [2.75, 3.05) is 45.3 Å². The molecule has 0 atom stereocenters. The number of fused-ring (bicyclic) bond motifs is 3. The van der Waals surface area contributed by atoms with Crippen LogP contribution in [0.3, 0.4) is 0 Å². The Hall–Kier alpha value is -3.03. The second-order valence-electron chi connectivity index (χ2n) is 10.3. The van der Waals surface area contributed by atoms with Crippen LogP contribution in [0.5, 0.6) is 0 Å². The summed E-state index contributed by atoms with van der Waals surface area (Å²) >= 11 is 0. The van der Waals surface area contributed by atoms with Gasteiger partial charge in [-0.15, -0.1) is 10.2 Å². The maximum absolute atomic E-state index is 5.58. The molecule has 7 nitrogen and oxygen atoms in total. The van der Waals surface area contributed by atoms with Crippen molar-refractivity contribution in [3.8, 4) is 11.1 Å². The predicted octanol–water partition coefficient (Wildman–Crippen LogP) is 4.68. The average molecular weight is 471 g/mol. The molecule has 2 aromatic carbocycles. The molecule has 0 amide bonds. The van der Waals surface area contributed by atoms with Crippen molar-refractivity contribution in [1.29, 1.82) is 0 Å². The first-order chi connectivity index (χ1) is 17.1. The van der Waals surface area contributed by atoms with Crippen LogP contribution in [0.15, 0.2) is 42.6 Å². The molecule has 35 heavy (non-hydrogen) atoms. The minimum Gasteiger partial charge on any atom is -0.381 e. The normalized spacial score (nSPS) is 18.2. The Bertz CT molecular complexity index is 1350. The van der Waals surface area contributed by atoms with E-state index >= 15 is 0 Å². The number of aryl methyl sites for hydroxylation is 1. The summed E-state index contributed by atoms with van der Waals surface area (Å²) in [5, 5.41) is 9.02. The Morgan fingerprint density at radius 3 is 2.49 bits per heavy atom. The van der Waals surface area contributed by atoms with Crippen molar-refractivity contribution in [2.24, 2.45) is 0 Å². The molecule has 6 rings (SSSR count). The lowest BCUT2D eigenvalue weighted by atomic mass is 9.97. The summed E-state index contributed by atoms with van der Waals surface area (Å²) in [7, 11) is 4.39. The van der Waals surface area contributed by atoms with Gasteiger partial charge < -0.3 is 14.5 Å². The smallest absolute Gasteiger partial charge is 0.179 e. The first-order valence-electron chi connectivity index (χ1n) is 12.8. The van der Waals surface area contributed by atoms with Gasteiger partial charge in [0.15, 0.2) is 5.65 Å². The summed E-state index contributed by atoms with van der Waals surface area (Å²) in [5.41, 5.74) is 7.93. The second-order valence-corrected chi connectivity index (χ2v) is 10.3. The molecule has 0 radical (unpaired) electrons. The lowest BCUT2D eigenvalue weighted by molar-refractivity contribution is 0.0834. The zero-order valence-electron chi connectivity index (χ0n) is 20.9. The van der Waals surface area contributed by atoms with Crippen LogP contribution in [0.25, 0.3) is 27.8 Å². The topological polar surface area (TPSA) is 58.8 Å². The second kappa shape index (κ2) is 9.21.